The molecule has 1 saturated carbocycles. The Bertz CT molecular complexity index is 1290. The molecule has 1 aliphatic carbocycles. The summed E-state index contributed by atoms with van der Waals surface area (Å²) in [7, 11) is 0. The topological polar surface area (TPSA) is 46.3 Å². The molecule has 6 heteroatoms. The van der Waals surface area contributed by atoms with Gasteiger partial charge in [0, 0.05) is 28.6 Å². The van der Waals surface area contributed by atoms with Crippen LogP contribution in [0.5, 0.6) is 0 Å². The molecule has 2 aromatic heterocycles. The van der Waals surface area contributed by atoms with Crippen molar-refractivity contribution in [3.63, 3.8) is 0 Å². The largest absolute Gasteiger partial charge is 0.326 e. The number of hydrogen-bond donors (Lipinski definition) is 0. The van der Waals surface area contributed by atoms with Gasteiger partial charge in [0.2, 0.25) is 0 Å². The molecular weight excluding hydrogens is 365 g/mol. The predicted molar refractivity (Wildman–Crippen MR) is 112 cm³/mol. The lowest BCUT2D eigenvalue weighted by molar-refractivity contribution is 0.629. The van der Waals surface area contributed by atoms with Gasteiger partial charge in [0.15, 0.2) is 0 Å². The van der Waals surface area contributed by atoms with E-state index >= 15 is 0 Å². The van der Waals surface area contributed by atoms with Crippen molar-refractivity contribution in [2.75, 3.05) is 11.4 Å². The first-order valence-corrected chi connectivity index (χ1v) is 9.76. The second-order valence-corrected chi connectivity index (χ2v) is 7.70. The number of hydrogen-bond acceptors (Lipinski definition) is 4. The standard InChI is InChI=1S/C23H20FN5/c1-3-28(18-6-4-5-16(13-18)9-10-23(2)11-12-23)21-19-14-17(24)7-8-20(19)29-15-25-27-22(29)26-21/h4-8,13-15H,3,11-12H2,1-2H3. The molecular formula is C23H20FN5. The lowest BCUT2D eigenvalue weighted by Crippen LogP contribution is -2.18. The van der Waals surface area contributed by atoms with E-state index in [2.05, 4.69) is 44.9 Å². The van der Waals surface area contributed by atoms with Crippen LogP contribution in [-0.4, -0.2) is 26.1 Å². The van der Waals surface area contributed by atoms with Crippen molar-refractivity contribution in [3.8, 4) is 11.8 Å². The summed E-state index contributed by atoms with van der Waals surface area (Å²) in [5.74, 6) is 7.51. The SMILES string of the molecule is CCN(c1cccc(C#CC2(C)CC2)c1)c1nc2nncn2c2ccc(F)cc12. The zero-order chi connectivity index (χ0) is 20.0. The quantitative estimate of drug-likeness (QED) is 0.479. The molecule has 144 valence electrons. The Balaban J connectivity index is 1.66. The maximum atomic E-state index is 14.1. The molecule has 0 saturated heterocycles. The van der Waals surface area contributed by atoms with E-state index in [9.17, 15) is 4.39 Å². The van der Waals surface area contributed by atoms with Gasteiger partial charge < -0.3 is 4.90 Å². The summed E-state index contributed by atoms with van der Waals surface area (Å²) in [6, 6.07) is 12.8. The van der Waals surface area contributed by atoms with Gasteiger partial charge in [0.25, 0.3) is 5.78 Å². The number of rotatable bonds is 3. The van der Waals surface area contributed by atoms with Gasteiger partial charge in [0.05, 0.1) is 5.52 Å². The maximum Gasteiger partial charge on any atom is 0.257 e. The molecule has 2 aromatic carbocycles. The third kappa shape index (κ3) is 3.19. The lowest BCUT2D eigenvalue weighted by Gasteiger charge is -2.24. The molecule has 0 bridgehead atoms. The minimum atomic E-state index is -0.304. The summed E-state index contributed by atoms with van der Waals surface area (Å²) in [5.41, 5.74) is 2.91. The van der Waals surface area contributed by atoms with Crippen molar-refractivity contribution in [2.45, 2.75) is 26.7 Å². The van der Waals surface area contributed by atoms with E-state index in [-0.39, 0.29) is 11.2 Å². The molecule has 0 spiro atoms. The van der Waals surface area contributed by atoms with Gasteiger partial charge in [-0.15, -0.1) is 10.2 Å². The average Bonchev–Trinajstić information content (AvgIpc) is 3.27. The number of nitrogens with zero attached hydrogens (tertiary/aromatic N) is 5. The Labute approximate surface area is 168 Å². The Morgan fingerprint density at radius 3 is 2.86 bits per heavy atom. The summed E-state index contributed by atoms with van der Waals surface area (Å²) >= 11 is 0. The molecule has 1 fully saturated rings. The summed E-state index contributed by atoms with van der Waals surface area (Å²) in [6.45, 7) is 4.91. The molecule has 0 radical (unpaired) electrons. The van der Waals surface area contributed by atoms with E-state index in [1.807, 2.05) is 25.1 Å². The van der Waals surface area contributed by atoms with Crippen molar-refractivity contribution < 1.29 is 4.39 Å². The first kappa shape index (κ1) is 17.6. The van der Waals surface area contributed by atoms with Crippen LogP contribution in [0.1, 0.15) is 32.3 Å². The normalized spacial score (nSPS) is 14.6. The predicted octanol–water partition coefficient (Wildman–Crippen LogP) is 4.73. The average molecular weight is 385 g/mol. The van der Waals surface area contributed by atoms with E-state index < -0.39 is 0 Å². The van der Waals surface area contributed by atoms with Crippen LogP contribution in [0.25, 0.3) is 16.7 Å². The van der Waals surface area contributed by atoms with Gasteiger partial charge in [0.1, 0.15) is 18.0 Å². The van der Waals surface area contributed by atoms with Crippen molar-refractivity contribution in [2.24, 2.45) is 5.41 Å². The van der Waals surface area contributed by atoms with Crippen LogP contribution in [0.15, 0.2) is 48.8 Å². The lowest BCUT2D eigenvalue weighted by atomic mass is 10.1. The van der Waals surface area contributed by atoms with Gasteiger partial charge in [-0.1, -0.05) is 17.9 Å². The van der Waals surface area contributed by atoms with Gasteiger partial charge in [-0.25, -0.2) is 4.39 Å². The number of aromatic nitrogens is 4. The number of fused-ring (bicyclic) bond motifs is 3. The summed E-state index contributed by atoms with van der Waals surface area (Å²) in [4.78, 5) is 6.75. The smallest absolute Gasteiger partial charge is 0.257 e. The molecule has 2 heterocycles. The van der Waals surface area contributed by atoms with Crippen LogP contribution >= 0.6 is 0 Å². The van der Waals surface area contributed by atoms with Crippen molar-refractivity contribution in [1.29, 1.82) is 0 Å². The van der Waals surface area contributed by atoms with Crippen LogP contribution in [0, 0.1) is 23.1 Å². The van der Waals surface area contributed by atoms with Gasteiger partial charge in [-0.05, 0) is 63.1 Å². The highest BCUT2D eigenvalue weighted by Crippen LogP contribution is 2.44. The first-order valence-electron chi connectivity index (χ1n) is 9.76. The highest BCUT2D eigenvalue weighted by Gasteiger charge is 2.35. The molecule has 5 rings (SSSR count). The van der Waals surface area contributed by atoms with Crippen molar-refractivity contribution >= 4 is 28.2 Å². The van der Waals surface area contributed by atoms with Crippen LogP contribution in [0.4, 0.5) is 15.9 Å². The molecule has 29 heavy (non-hydrogen) atoms. The second-order valence-electron chi connectivity index (χ2n) is 7.70. The van der Waals surface area contributed by atoms with Gasteiger partial charge >= 0.3 is 0 Å². The molecule has 0 N–H and O–H groups in total. The third-order valence-corrected chi connectivity index (χ3v) is 5.43. The fourth-order valence-corrected chi connectivity index (χ4v) is 3.47. The van der Waals surface area contributed by atoms with Crippen molar-refractivity contribution in [1.82, 2.24) is 19.6 Å². The molecule has 1 aliphatic rings. The first-order chi connectivity index (χ1) is 14.1. The molecule has 0 unspecified atom stereocenters. The maximum absolute atomic E-state index is 14.1. The Morgan fingerprint density at radius 1 is 1.21 bits per heavy atom. The number of halogens is 1. The van der Waals surface area contributed by atoms with Crippen molar-refractivity contribution in [3.05, 3.63) is 60.2 Å². The highest BCUT2D eigenvalue weighted by molar-refractivity contribution is 5.93. The molecule has 5 nitrogen and oxygen atoms in total. The molecule has 4 aromatic rings. The number of benzene rings is 2. The minimum Gasteiger partial charge on any atom is -0.326 e. The minimum absolute atomic E-state index is 0.175. The Hall–Kier alpha value is -3.46. The van der Waals surface area contributed by atoms with E-state index in [4.69, 9.17) is 0 Å². The summed E-state index contributed by atoms with van der Waals surface area (Å²) in [5, 5.41) is 8.77. The van der Waals surface area contributed by atoms with Gasteiger partial charge in [-0.3, -0.25) is 4.40 Å². The Kier molecular flexibility index (Phi) is 3.99. The van der Waals surface area contributed by atoms with Crippen LogP contribution in [-0.2, 0) is 0 Å². The molecule has 0 atom stereocenters. The van der Waals surface area contributed by atoms with Gasteiger partial charge in [-0.2, -0.15) is 4.98 Å². The van der Waals surface area contributed by atoms with E-state index in [0.717, 1.165) is 16.8 Å². The second kappa shape index (κ2) is 6.56. The van der Waals surface area contributed by atoms with Crippen LogP contribution in [0.2, 0.25) is 0 Å². The van der Waals surface area contributed by atoms with E-state index in [0.29, 0.717) is 23.5 Å². The summed E-state index contributed by atoms with van der Waals surface area (Å²) in [6.07, 6.45) is 3.93. The fourth-order valence-electron chi connectivity index (χ4n) is 3.47. The fraction of sp³-hybridized carbons (Fsp3) is 0.261. The number of anilines is 2. The zero-order valence-corrected chi connectivity index (χ0v) is 16.4. The molecule has 0 aliphatic heterocycles. The molecule has 0 amide bonds. The van der Waals surface area contributed by atoms with Crippen LogP contribution in [0.3, 0.4) is 0 Å². The van der Waals surface area contributed by atoms with Crippen LogP contribution < -0.4 is 4.90 Å². The third-order valence-electron chi connectivity index (χ3n) is 5.43. The van der Waals surface area contributed by atoms with E-state index in [1.165, 1.54) is 25.0 Å². The zero-order valence-electron chi connectivity index (χ0n) is 16.4. The van der Waals surface area contributed by atoms with E-state index in [1.54, 1.807) is 16.8 Å². The highest BCUT2D eigenvalue weighted by atomic mass is 19.1. The monoisotopic (exact) mass is 385 g/mol. The Morgan fingerprint density at radius 2 is 2.07 bits per heavy atom. The summed E-state index contributed by atoms with van der Waals surface area (Å²) < 4.78 is 15.9.